The van der Waals surface area contributed by atoms with Crippen LogP contribution in [0.15, 0.2) is 12.1 Å². The third-order valence-corrected chi connectivity index (χ3v) is 7.27. The Labute approximate surface area is 164 Å². The van der Waals surface area contributed by atoms with Crippen molar-refractivity contribution in [2.24, 2.45) is 5.92 Å². The van der Waals surface area contributed by atoms with E-state index in [1.54, 1.807) is 14.2 Å². The molecule has 4 heteroatoms. The normalized spacial score (nSPS) is 27.5. The molecule has 3 aliphatic rings. The molecule has 1 aliphatic carbocycles. The second-order valence-corrected chi connectivity index (χ2v) is 8.69. The molecule has 0 bridgehead atoms. The minimum atomic E-state index is 0.716. The van der Waals surface area contributed by atoms with Crippen LogP contribution in [0.4, 0.5) is 0 Å². The third-order valence-electron chi connectivity index (χ3n) is 7.27. The second-order valence-electron chi connectivity index (χ2n) is 8.69. The van der Waals surface area contributed by atoms with Gasteiger partial charge in [0.05, 0.1) is 14.2 Å². The van der Waals surface area contributed by atoms with Crippen molar-refractivity contribution < 1.29 is 9.47 Å². The zero-order valence-corrected chi connectivity index (χ0v) is 17.4. The highest BCUT2D eigenvalue weighted by Gasteiger charge is 2.43. The smallest absolute Gasteiger partial charge is 0.129 e. The summed E-state index contributed by atoms with van der Waals surface area (Å²) in [5.41, 5.74) is 2.43. The molecule has 0 aromatic heterocycles. The molecule has 0 N–H and O–H groups in total. The van der Waals surface area contributed by atoms with Gasteiger partial charge in [-0.3, -0.25) is 9.80 Å². The molecular weight excluding hydrogens is 336 g/mol. The number of benzene rings is 1. The molecule has 2 heterocycles. The van der Waals surface area contributed by atoms with E-state index in [4.69, 9.17) is 9.47 Å². The van der Waals surface area contributed by atoms with Crippen LogP contribution in [0.5, 0.6) is 11.5 Å². The summed E-state index contributed by atoms with van der Waals surface area (Å²) in [4.78, 5) is 5.58. The average Bonchev–Trinajstić information content (AvgIpc) is 3.17. The van der Waals surface area contributed by atoms with Crippen LogP contribution in [0.25, 0.3) is 0 Å². The molecule has 150 valence electrons. The molecule has 2 saturated heterocycles. The standard InChI is InChI=1S/C23H36N2O2/c1-17-21(26-2)12-11-19(23(17)27-3)16-25-15-14-24-13-7-10-20(24)22(25)18-8-5-4-6-9-18/h11-12,18,20,22H,4-10,13-16H2,1-3H3/t20-,22+/m1/s1. The summed E-state index contributed by atoms with van der Waals surface area (Å²) < 4.78 is 11.3. The fourth-order valence-electron chi connectivity index (χ4n) is 6.02. The molecule has 0 amide bonds. The molecule has 4 nitrogen and oxygen atoms in total. The van der Waals surface area contributed by atoms with Crippen molar-refractivity contribution in [3.05, 3.63) is 23.3 Å². The predicted molar refractivity (Wildman–Crippen MR) is 110 cm³/mol. The van der Waals surface area contributed by atoms with Crippen LogP contribution in [0.2, 0.25) is 0 Å². The van der Waals surface area contributed by atoms with Gasteiger partial charge in [0.15, 0.2) is 0 Å². The van der Waals surface area contributed by atoms with Gasteiger partial charge in [-0.05, 0) is 51.1 Å². The molecule has 3 fully saturated rings. The highest BCUT2D eigenvalue weighted by atomic mass is 16.5. The first-order chi connectivity index (χ1) is 13.2. The van der Waals surface area contributed by atoms with E-state index in [0.29, 0.717) is 6.04 Å². The molecule has 27 heavy (non-hydrogen) atoms. The number of piperazine rings is 1. The van der Waals surface area contributed by atoms with E-state index in [9.17, 15) is 0 Å². The predicted octanol–water partition coefficient (Wildman–Crippen LogP) is 4.24. The van der Waals surface area contributed by atoms with Crippen molar-refractivity contribution in [2.45, 2.75) is 70.5 Å². The molecule has 2 aliphatic heterocycles. The van der Waals surface area contributed by atoms with Crippen LogP contribution in [-0.4, -0.2) is 55.7 Å². The molecular formula is C23H36N2O2. The molecule has 1 saturated carbocycles. The summed E-state index contributed by atoms with van der Waals surface area (Å²) >= 11 is 0. The molecule has 1 aromatic rings. The maximum Gasteiger partial charge on any atom is 0.129 e. The molecule has 2 atom stereocenters. The number of nitrogens with zero attached hydrogens (tertiary/aromatic N) is 2. The van der Waals surface area contributed by atoms with Crippen LogP contribution < -0.4 is 9.47 Å². The van der Waals surface area contributed by atoms with Crippen molar-refractivity contribution in [1.29, 1.82) is 0 Å². The Hall–Kier alpha value is -1.26. The average molecular weight is 373 g/mol. The van der Waals surface area contributed by atoms with E-state index in [2.05, 4.69) is 28.9 Å². The van der Waals surface area contributed by atoms with Crippen LogP contribution in [0, 0.1) is 12.8 Å². The summed E-state index contributed by atoms with van der Waals surface area (Å²) in [5.74, 6) is 2.79. The van der Waals surface area contributed by atoms with Gasteiger partial charge in [-0.1, -0.05) is 25.3 Å². The van der Waals surface area contributed by atoms with Crippen molar-refractivity contribution in [3.8, 4) is 11.5 Å². The van der Waals surface area contributed by atoms with Crippen LogP contribution in [0.1, 0.15) is 56.1 Å². The maximum atomic E-state index is 5.81. The highest BCUT2D eigenvalue weighted by molar-refractivity contribution is 5.49. The van der Waals surface area contributed by atoms with Crippen LogP contribution >= 0.6 is 0 Å². The van der Waals surface area contributed by atoms with E-state index in [0.717, 1.165) is 35.6 Å². The van der Waals surface area contributed by atoms with Gasteiger partial charge in [-0.2, -0.15) is 0 Å². The summed E-state index contributed by atoms with van der Waals surface area (Å²) in [5, 5.41) is 0. The van der Waals surface area contributed by atoms with E-state index >= 15 is 0 Å². The Bertz CT molecular complexity index is 642. The first-order valence-electron chi connectivity index (χ1n) is 10.9. The quantitative estimate of drug-likeness (QED) is 0.772. The monoisotopic (exact) mass is 372 g/mol. The fraction of sp³-hybridized carbons (Fsp3) is 0.739. The Kier molecular flexibility index (Phi) is 5.93. The van der Waals surface area contributed by atoms with Gasteiger partial charge in [0, 0.05) is 42.8 Å². The van der Waals surface area contributed by atoms with Gasteiger partial charge in [0.2, 0.25) is 0 Å². The van der Waals surface area contributed by atoms with Gasteiger partial charge in [-0.15, -0.1) is 0 Å². The van der Waals surface area contributed by atoms with E-state index in [1.807, 2.05) is 0 Å². The van der Waals surface area contributed by atoms with Gasteiger partial charge in [0.25, 0.3) is 0 Å². The molecule has 0 unspecified atom stereocenters. The fourth-order valence-corrected chi connectivity index (χ4v) is 6.02. The number of fused-ring (bicyclic) bond motifs is 1. The Morgan fingerprint density at radius 3 is 2.48 bits per heavy atom. The minimum Gasteiger partial charge on any atom is -0.496 e. The van der Waals surface area contributed by atoms with Gasteiger partial charge >= 0.3 is 0 Å². The number of methoxy groups -OCH3 is 2. The summed E-state index contributed by atoms with van der Waals surface area (Å²) in [7, 11) is 3.53. The third kappa shape index (κ3) is 3.71. The first-order valence-corrected chi connectivity index (χ1v) is 10.9. The largest absolute Gasteiger partial charge is 0.496 e. The second kappa shape index (κ2) is 8.40. The number of hydrogen-bond donors (Lipinski definition) is 0. The van der Waals surface area contributed by atoms with E-state index < -0.39 is 0 Å². The Balaban J connectivity index is 1.60. The van der Waals surface area contributed by atoms with Crippen molar-refractivity contribution in [3.63, 3.8) is 0 Å². The lowest BCUT2D eigenvalue weighted by Gasteiger charge is -2.49. The molecule has 0 spiro atoms. The maximum absolute atomic E-state index is 5.81. The number of hydrogen-bond acceptors (Lipinski definition) is 4. The van der Waals surface area contributed by atoms with Gasteiger partial charge in [0.1, 0.15) is 11.5 Å². The topological polar surface area (TPSA) is 24.9 Å². The Morgan fingerprint density at radius 2 is 1.74 bits per heavy atom. The summed E-state index contributed by atoms with van der Waals surface area (Å²) in [6.07, 6.45) is 9.89. The minimum absolute atomic E-state index is 0.716. The zero-order valence-electron chi connectivity index (χ0n) is 17.4. The van der Waals surface area contributed by atoms with Crippen molar-refractivity contribution >= 4 is 0 Å². The van der Waals surface area contributed by atoms with E-state index in [-0.39, 0.29) is 0 Å². The lowest BCUT2D eigenvalue weighted by Crippen LogP contribution is -2.59. The summed E-state index contributed by atoms with van der Waals surface area (Å²) in [6.45, 7) is 6.83. The van der Waals surface area contributed by atoms with Gasteiger partial charge in [-0.25, -0.2) is 0 Å². The molecule has 0 radical (unpaired) electrons. The number of rotatable bonds is 5. The van der Waals surface area contributed by atoms with Crippen molar-refractivity contribution in [1.82, 2.24) is 9.80 Å². The first kappa shape index (κ1) is 19.1. The molecule has 4 rings (SSSR count). The zero-order chi connectivity index (χ0) is 18.8. The SMILES string of the molecule is COc1ccc(CN2CCN3CCC[C@@H]3[C@@H]2C2CCCCC2)c(OC)c1C. The Morgan fingerprint density at radius 1 is 0.926 bits per heavy atom. The van der Waals surface area contributed by atoms with Crippen LogP contribution in [0.3, 0.4) is 0 Å². The molecule has 1 aromatic carbocycles. The highest BCUT2D eigenvalue weighted by Crippen LogP contribution is 2.39. The summed E-state index contributed by atoms with van der Waals surface area (Å²) in [6, 6.07) is 5.80. The van der Waals surface area contributed by atoms with E-state index in [1.165, 1.54) is 70.1 Å². The lowest BCUT2D eigenvalue weighted by atomic mass is 9.78. The lowest BCUT2D eigenvalue weighted by molar-refractivity contribution is -0.00414. The number of ether oxygens (including phenoxy) is 2. The van der Waals surface area contributed by atoms with Gasteiger partial charge < -0.3 is 9.47 Å². The van der Waals surface area contributed by atoms with Crippen molar-refractivity contribution in [2.75, 3.05) is 33.9 Å². The van der Waals surface area contributed by atoms with Crippen LogP contribution in [-0.2, 0) is 6.54 Å².